The molecule has 0 bridgehead atoms. The van der Waals surface area contributed by atoms with Crippen molar-refractivity contribution in [2.45, 2.75) is 59.5 Å². The van der Waals surface area contributed by atoms with E-state index in [1.54, 1.807) is 11.3 Å². The fourth-order valence-electron chi connectivity index (χ4n) is 3.28. The molecule has 0 amide bonds. The van der Waals surface area contributed by atoms with E-state index >= 15 is 0 Å². The van der Waals surface area contributed by atoms with Crippen LogP contribution in [0.15, 0.2) is 23.3 Å². The minimum atomic E-state index is 0. The zero-order valence-electron chi connectivity index (χ0n) is 17.7. The van der Waals surface area contributed by atoms with Crippen LogP contribution in [-0.2, 0) is 13.1 Å². The third kappa shape index (κ3) is 7.40. The smallest absolute Gasteiger partial charge is 0.191 e. The Morgan fingerprint density at radius 2 is 1.90 bits per heavy atom. The number of aromatic nitrogens is 2. The van der Waals surface area contributed by atoms with Gasteiger partial charge in [0.2, 0.25) is 0 Å². The Labute approximate surface area is 195 Å². The van der Waals surface area contributed by atoms with Gasteiger partial charge in [-0.1, -0.05) is 18.9 Å². The van der Waals surface area contributed by atoms with E-state index in [1.165, 1.54) is 30.6 Å². The summed E-state index contributed by atoms with van der Waals surface area (Å²) in [5.41, 5.74) is 2.23. The second-order valence-corrected chi connectivity index (χ2v) is 8.51. The summed E-state index contributed by atoms with van der Waals surface area (Å²) in [4.78, 5) is 17.6. The first-order chi connectivity index (χ1) is 13.7. The van der Waals surface area contributed by atoms with E-state index in [1.807, 2.05) is 6.20 Å². The molecule has 2 N–H and O–H groups in total. The summed E-state index contributed by atoms with van der Waals surface area (Å²) in [5, 5.41) is 7.76. The number of thiazole rings is 1. The Kier molecular flexibility index (Phi) is 10.1. The first-order valence-corrected chi connectivity index (χ1v) is 11.1. The molecule has 160 valence electrons. The predicted octanol–water partition coefficient (Wildman–Crippen LogP) is 4.41. The van der Waals surface area contributed by atoms with Gasteiger partial charge in [-0.15, -0.1) is 35.3 Å². The van der Waals surface area contributed by atoms with Gasteiger partial charge in [0.15, 0.2) is 5.96 Å². The number of aryl methyl sites for hydroxylation is 2. The van der Waals surface area contributed by atoms with Gasteiger partial charge in [0.25, 0.3) is 0 Å². The van der Waals surface area contributed by atoms with Crippen LogP contribution in [0.4, 0.5) is 5.82 Å². The normalized spacial score (nSPS) is 14.9. The Morgan fingerprint density at radius 3 is 2.48 bits per heavy atom. The lowest BCUT2D eigenvalue weighted by atomic mass is 10.2. The lowest BCUT2D eigenvalue weighted by molar-refractivity contribution is 0.726. The van der Waals surface area contributed by atoms with Crippen molar-refractivity contribution in [3.8, 4) is 0 Å². The van der Waals surface area contributed by atoms with Crippen molar-refractivity contribution in [2.24, 2.45) is 4.99 Å². The van der Waals surface area contributed by atoms with Gasteiger partial charge in [-0.05, 0) is 45.2 Å². The highest BCUT2D eigenvalue weighted by molar-refractivity contribution is 14.0. The number of hydrogen-bond donors (Lipinski definition) is 2. The summed E-state index contributed by atoms with van der Waals surface area (Å²) in [5.74, 6) is 1.90. The number of anilines is 1. The Morgan fingerprint density at radius 1 is 1.14 bits per heavy atom. The van der Waals surface area contributed by atoms with Crippen molar-refractivity contribution < 1.29 is 0 Å². The van der Waals surface area contributed by atoms with Crippen LogP contribution in [-0.4, -0.2) is 35.6 Å². The molecule has 0 atom stereocenters. The number of pyridine rings is 1. The van der Waals surface area contributed by atoms with Crippen LogP contribution in [0.1, 0.15) is 53.7 Å². The summed E-state index contributed by atoms with van der Waals surface area (Å²) in [6.45, 7) is 10.6. The second-order valence-electron chi connectivity index (χ2n) is 7.22. The van der Waals surface area contributed by atoms with Crippen LogP contribution in [0, 0.1) is 13.8 Å². The summed E-state index contributed by atoms with van der Waals surface area (Å²) < 4.78 is 0. The van der Waals surface area contributed by atoms with E-state index in [2.05, 4.69) is 58.4 Å². The molecular formula is C21H33IN6S. The fourth-order valence-corrected chi connectivity index (χ4v) is 4.16. The summed E-state index contributed by atoms with van der Waals surface area (Å²) in [6, 6.07) is 4.28. The Hall–Kier alpha value is -1.42. The van der Waals surface area contributed by atoms with E-state index in [-0.39, 0.29) is 24.0 Å². The first-order valence-electron chi connectivity index (χ1n) is 10.3. The third-order valence-corrected chi connectivity index (χ3v) is 6.06. The molecule has 0 radical (unpaired) electrons. The molecule has 0 saturated carbocycles. The third-order valence-electron chi connectivity index (χ3n) is 4.98. The number of hydrogen-bond acceptors (Lipinski definition) is 5. The number of guanidine groups is 1. The predicted molar refractivity (Wildman–Crippen MR) is 134 cm³/mol. The van der Waals surface area contributed by atoms with Gasteiger partial charge in [-0.25, -0.2) is 15.0 Å². The standard InChI is InChI=1S/C21H32N6S.HI/c1-4-22-21(25-15-20-26-16(2)17(3)28-20)24-14-18-9-10-19(23-13-18)27-11-7-5-6-8-12-27;/h9-10,13H,4-8,11-12,14-15H2,1-3H3,(H2,22,24,25);1H. The summed E-state index contributed by atoms with van der Waals surface area (Å²) >= 11 is 1.73. The van der Waals surface area contributed by atoms with Gasteiger partial charge >= 0.3 is 0 Å². The quantitative estimate of drug-likeness (QED) is 0.331. The molecule has 3 rings (SSSR count). The van der Waals surface area contributed by atoms with Gasteiger partial charge in [0, 0.05) is 30.7 Å². The van der Waals surface area contributed by atoms with Crippen LogP contribution >= 0.6 is 35.3 Å². The molecule has 1 fully saturated rings. The highest BCUT2D eigenvalue weighted by atomic mass is 127. The number of aliphatic imine (C=N–C) groups is 1. The molecule has 3 heterocycles. The number of nitrogens with one attached hydrogen (secondary N) is 2. The highest BCUT2D eigenvalue weighted by Gasteiger charge is 2.11. The van der Waals surface area contributed by atoms with Gasteiger partial charge in [-0.2, -0.15) is 0 Å². The topological polar surface area (TPSA) is 65.4 Å². The van der Waals surface area contributed by atoms with Crippen molar-refractivity contribution in [1.82, 2.24) is 20.6 Å². The molecule has 0 unspecified atom stereocenters. The van der Waals surface area contributed by atoms with Crippen LogP contribution < -0.4 is 15.5 Å². The maximum absolute atomic E-state index is 4.70. The van der Waals surface area contributed by atoms with Crippen LogP contribution in [0.3, 0.4) is 0 Å². The van der Waals surface area contributed by atoms with E-state index in [9.17, 15) is 0 Å². The zero-order valence-corrected chi connectivity index (χ0v) is 20.8. The lowest BCUT2D eigenvalue weighted by Gasteiger charge is -2.21. The van der Waals surface area contributed by atoms with Crippen molar-refractivity contribution in [2.75, 3.05) is 24.5 Å². The molecule has 0 aromatic carbocycles. The number of rotatable bonds is 6. The Balaban J connectivity index is 0.00000300. The average Bonchev–Trinajstić information content (AvgIpc) is 2.90. The van der Waals surface area contributed by atoms with Crippen LogP contribution in [0.2, 0.25) is 0 Å². The second kappa shape index (κ2) is 12.3. The molecule has 0 aliphatic carbocycles. The van der Waals surface area contributed by atoms with Crippen molar-refractivity contribution in [3.05, 3.63) is 39.5 Å². The van der Waals surface area contributed by atoms with Crippen molar-refractivity contribution in [1.29, 1.82) is 0 Å². The van der Waals surface area contributed by atoms with Crippen LogP contribution in [0.25, 0.3) is 0 Å². The molecule has 1 saturated heterocycles. The van der Waals surface area contributed by atoms with E-state index in [0.717, 1.165) is 47.7 Å². The maximum Gasteiger partial charge on any atom is 0.191 e. The maximum atomic E-state index is 4.70. The number of nitrogens with zero attached hydrogens (tertiary/aromatic N) is 4. The highest BCUT2D eigenvalue weighted by Crippen LogP contribution is 2.18. The van der Waals surface area contributed by atoms with Gasteiger partial charge in [0.05, 0.1) is 18.8 Å². The molecule has 2 aromatic rings. The molecule has 1 aliphatic heterocycles. The lowest BCUT2D eigenvalue weighted by Crippen LogP contribution is -2.36. The fraction of sp³-hybridized carbons (Fsp3) is 0.571. The monoisotopic (exact) mass is 528 g/mol. The molecule has 29 heavy (non-hydrogen) atoms. The van der Waals surface area contributed by atoms with Crippen LogP contribution in [0.5, 0.6) is 0 Å². The minimum absolute atomic E-state index is 0. The van der Waals surface area contributed by atoms with E-state index in [4.69, 9.17) is 4.99 Å². The van der Waals surface area contributed by atoms with E-state index in [0.29, 0.717) is 13.1 Å². The SMILES string of the molecule is CCNC(=NCc1ccc(N2CCCCCC2)nc1)NCc1nc(C)c(C)s1.I. The Bertz CT molecular complexity index is 746. The van der Waals surface area contributed by atoms with E-state index < -0.39 is 0 Å². The average molecular weight is 529 g/mol. The molecule has 2 aromatic heterocycles. The zero-order chi connectivity index (χ0) is 19.8. The molecule has 0 spiro atoms. The summed E-state index contributed by atoms with van der Waals surface area (Å²) in [7, 11) is 0. The molecule has 1 aliphatic rings. The van der Waals surface area contributed by atoms with Crippen molar-refractivity contribution in [3.63, 3.8) is 0 Å². The first kappa shape index (κ1) is 23.9. The largest absolute Gasteiger partial charge is 0.357 e. The molecular weight excluding hydrogens is 495 g/mol. The van der Waals surface area contributed by atoms with Gasteiger partial charge < -0.3 is 15.5 Å². The molecule has 8 heteroatoms. The molecule has 6 nitrogen and oxygen atoms in total. The van der Waals surface area contributed by atoms with Gasteiger partial charge in [0.1, 0.15) is 10.8 Å². The minimum Gasteiger partial charge on any atom is -0.357 e. The van der Waals surface area contributed by atoms with Gasteiger partial charge in [-0.3, -0.25) is 0 Å². The summed E-state index contributed by atoms with van der Waals surface area (Å²) in [6.07, 6.45) is 7.17. The van der Waals surface area contributed by atoms with Crippen molar-refractivity contribution >= 4 is 47.1 Å². The number of halogens is 1.